The lowest BCUT2D eigenvalue weighted by Gasteiger charge is -2.09. The second kappa shape index (κ2) is 6.75. The first-order valence-corrected chi connectivity index (χ1v) is 7.49. The van der Waals surface area contributed by atoms with Crippen molar-refractivity contribution < 1.29 is 4.79 Å². The van der Waals surface area contributed by atoms with E-state index >= 15 is 0 Å². The number of nitrogens with two attached hydrogens (primary N) is 1. The smallest absolute Gasteiger partial charge is 0.267 e. The van der Waals surface area contributed by atoms with Crippen LogP contribution in [0.3, 0.4) is 0 Å². The van der Waals surface area contributed by atoms with Crippen LogP contribution >= 0.6 is 11.8 Å². The molecular weight excluding hydrogens is 246 g/mol. The van der Waals surface area contributed by atoms with E-state index in [2.05, 4.69) is 10.4 Å². The number of nitrogens with zero attached hydrogens (tertiary/aromatic N) is 1. The number of nitrogens with one attached hydrogen (secondary N) is 1. The molecule has 98 valence electrons. The Morgan fingerprint density at radius 2 is 2.28 bits per heavy atom. The highest BCUT2D eigenvalue weighted by atomic mass is 32.2. The number of hydrazine groups is 1. The van der Waals surface area contributed by atoms with Gasteiger partial charge in [0.05, 0.1) is 11.3 Å². The molecular formula is C13H19N3OS. The lowest BCUT2D eigenvalue weighted by atomic mass is 10.1. The molecule has 0 unspecified atom stereocenters. The van der Waals surface area contributed by atoms with Crippen molar-refractivity contribution in [3.63, 3.8) is 0 Å². The molecule has 0 saturated heterocycles. The molecule has 0 spiro atoms. The zero-order chi connectivity index (χ0) is 12.8. The van der Waals surface area contributed by atoms with Crippen LogP contribution in [-0.2, 0) is 5.75 Å². The molecule has 1 aliphatic rings. The summed E-state index contributed by atoms with van der Waals surface area (Å²) in [4.78, 5) is 15.8. The van der Waals surface area contributed by atoms with E-state index in [1.54, 1.807) is 18.3 Å². The quantitative estimate of drug-likeness (QED) is 0.486. The molecule has 1 fully saturated rings. The summed E-state index contributed by atoms with van der Waals surface area (Å²) in [6, 6.07) is 3.52. The molecule has 0 aromatic carbocycles. The van der Waals surface area contributed by atoms with Gasteiger partial charge in [-0.1, -0.05) is 12.8 Å². The largest absolute Gasteiger partial charge is 0.290 e. The van der Waals surface area contributed by atoms with Gasteiger partial charge in [-0.3, -0.25) is 15.2 Å². The Balaban J connectivity index is 1.89. The van der Waals surface area contributed by atoms with E-state index in [4.69, 9.17) is 5.84 Å². The van der Waals surface area contributed by atoms with E-state index < -0.39 is 0 Å². The highest BCUT2D eigenvalue weighted by Gasteiger charge is 2.16. The van der Waals surface area contributed by atoms with Crippen molar-refractivity contribution in [2.45, 2.75) is 31.4 Å². The van der Waals surface area contributed by atoms with Crippen LogP contribution in [0.5, 0.6) is 0 Å². The minimum Gasteiger partial charge on any atom is -0.290 e. The summed E-state index contributed by atoms with van der Waals surface area (Å²) in [5.41, 5.74) is 3.57. The summed E-state index contributed by atoms with van der Waals surface area (Å²) in [6.45, 7) is 0. The number of hydrogen-bond donors (Lipinski definition) is 2. The predicted octanol–water partition coefficient (Wildman–Crippen LogP) is 2.11. The summed E-state index contributed by atoms with van der Waals surface area (Å²) >= 11 is 1.86. The van der Waals surface area contributed by atoms with E-state index in [9.17, 15) is 4.79 Å². The van der Waals surface area contributed by atoms with Crippen LogP contribution in [-0.4, -0.2) is 16.6 Å². The summed E-state index contributed by atoms with van der Waals surface area (Å²) < 4.78 is 0. The Bertz CT molecular complexity index is 405. The van der Waals surface area contributed by atoms with E-state index in [1.807, 2.05) is 11.8 Å². The van der Waals surface area contributed by atoms with Gasteiger partial charge in [0.25, 0.3) is 5.91 Å². The molecule has 5 heteroatoms. The van der Waals surface area contributed by atoms with Crippen LogP contribution in [0.4, 0.5) is 0 Å². The molecule has 0 bridgehead atoms. The van der Waals surface area contributed by atoms with Crippen molar-refractivity contribution in [2.75, 3.05) is 5.75 Å². The Hall–Kier alpha value is -1.07. The van der Waals surface area contributed by atoms with Crippen molar-refractivity contribution in [1.82, 2.24) is 10.4 Å². The molecule has 4 nitrogen and oxygen atoms in total. The van der Waals surface area contributed by atoms with Crippen LogP contribution in [0, 0.1) is 5.92 Å². The molecule has 1 amide bonds. The third-order valence-corrected chi connectivity index (χ3v) is 4.52. The third kappa shape index (κ3) is 3.46. The molecule has 1 aromatic heterocycles. The SMILES string of the molecule is NNC(=O)c1cccnc1CSCC1CCCC1. The molecule has 1 aliphatic carbocycles. The van der Waals surface area contributed by atoms with Crippen LogP contribution in [0.1, 0.15) is 41.7 Å². The number of aromatic nitrogens is 1. The molecule has 0 atom stereocenters. The van der Waals surface area contributed by atoms with Gasteiger partial charge in [-0.2, -0.15) is 11.8 Å². The van der Waals surface area contributed by atoms with E-state index in [0.29, 0.717) is 5.56 Å². The van der Waals surface area contributed by atoms with Crippen LogP contribution < -0.4 is 11.3 Å². The second-order valence-corrected chi connectivity index (χ2v) is 5.67. The maximum absolute atomic E-state index is 11.6. The Morgan fingerprint density at radius 1 is 1.50 bits per heavy atom. The highest BCUT2D eigenvalue weighted by Crippen LogP contribution is 2.29. The molecule has 0 radical (unpaired) electrons. The number of amides is 1. The lowest BCUT2D eigenvalue weighted by Crippen LogP contribution is -2.31. The van der Waals surface area contributed by atoms with Gasteiger partial charge in [-0.25, -0.2) is 5.84 Å². The average Bonchev–Trinajstić information content (AvgIpc) is 2.92. The van der Waals surface area contributed by atoms with Crippen molar-refractivity contribution >= 4 is 17.7 Å². The lowest BCUT2D eigenvalue weighted by molar-refractivity contribution is 0.0952. The fourth-order valence-corrected chi connectivity index (χ4v) is 3.54. The minimum absolute atomic E-state index is 0.264. The normalized spacial score (nSPS) is 15.8. The van der Waals surface area contributed by atoms with Gasteiger partial charge in [0, 0.05) is 11.9 Å². The monoisotopic (exact) mass is 265 g/mol. The molecule has 2 rings (SSSR count). The third-order valence-electron chi connectivity index (χ3n) is 3.33. The zero-order valence-electron chi connectivity index (χ0n) is 10.4. The molecule has 1 saturated carbocycles. The maximum Gasteiger partial charge on any atom is 0.267 e. The summed E-state index contributed by atoms with van der Waals surface area (Å²) in [5.74, 6) is 7.70. The van der Waals surface area contributed by atoms with Crippen molar-refractivity contribution in [3.8, 4) is 0 Å². The van der Waals surface area contributed by atoms with Crippen LogP contribution in [0.2, 0.25) is 0 Å². The van der Waals surface area contributed by atoms with Gasteiger partial charge in [-0.15, -0.1) is 0 Å². The Morgan fingerprint density at radius 3 is 3.00 bits per heavy atom. The van der Waals surface area contributed by atoms with Crippen molar-refractivity contribution in [3.05, 3.63) is 29.6 Å². The van der Waals surface area contributed by atoms with Gasteiger partial charge < -0.3 is 0 Å². The first-order valence-electron chi connectivity index (χ1n) is 6.34. The Labute approximate surface area is 112 Å². The number of thioether (sulfide) groups is 1. The molecule has 1 heterocycles. The predicted molar refractivity (Wildman–Crippen MR) is 74.0 cm³/mol. The van der Waals surface area contributed by atoms with Crippen LogP contribution in [0.25, 0.3) is 0 Å². The van der Waals surface area contributed by atoms with E-state index in [-0.39, 0.29) is 5.91 Å². The maximum atomic E-state index is 11.6. The molecule has 0 aliphatic heterocycles. The highest BCUT2D eigenvalue weighted by molar-refractivity contribution is 7.98. The summed E-state index contributed by atoms with van der Waals surface area (Å²) in [7, 11) is 0. The number of rotatable bonds is 5. The Kier molecular flexibility index (Phi) is 5.01. The van der Waals surface area contributed by atoms with Gasteiger partial charge in [0.1, 0.15) is 0 Å². The van der Waals surface area contributed by atoms with Gasteiger partial charge in [0.2, 0.25) is 0 Å². The number of hydrogen-bond acceptors (Lipinski definition) is 4. The van der Waals surface area contributed by atoms with Crippen molar-refractivity contribution in [1.29, 1.82) is 0 Å². The first kappa shape index (κ1) is 13.4. The summed E-state index contributed by atoms with van der Waals surface area (Å²) in [5, 5.41) is 0. The zero-order valence-corrected chi connectivity index (χ0v) is 11.2. The number of pyridine rings is 1. The average molecular weight is 265 g/mol. The van der Waals surface area contributed by atoms with E-state index in [1.165, 1.54) is 31.4 Å². The fourth-order valence-electron chi connectivity index (χ4n) is 2.34. The minimum atomic E-state index is -0.264. The topological polar surface area (TPSA) is 68.0 Å². The standard InChI is InChI=1S/C13H19N3OS/c14-16-13(17)11-6-3-7-15-12(11)9-18-8-10-4-1-2-5-10/h3,6-7,10H,1-2,4-5,8-9,14H2,(H,16,17). The number of carbonyl (C=O) groups is 1. The second-order valence-electron chi connectivity index (χ2n) is 4.64. The van der Waals surface area contributed by atoms with E-state index in [0.717, 1.165) is 17.4 Å². The summed E-state index contributed by atoms with van der Waals surface area (Å²) in [6.07, 6.45) is 7.17. The fraction of sp³-hybridized carbons (Fsp3) is 0.538. The first-order chi connectivity index (χ1) is 8.81. The molecule has 18 heavy (non-hydrogen) atoms. The van der Waals surface area contributed by atoms with Gasteiger partial charge in [0.15, 0.2) is 0 Å². The molecule has 1 aromatic rings. The van der Waals surface area contributed by atoms with Gasteiger partial charge in [-0.05, 0) is 36.6 Å². The van der Waals surface area contributed by atoms with Gasteiger partial charge >= 0.3 is 0 Å². The molecule has 3 N–H and O–H groups in total. The van der Waals surface area contributed by atoms with Crippen LogP contribution in [0.15, 0.2) is 18.3 Å². The number of carbonyl (C=O) groups excluding carboxylic acids is 1. The van der Waals surface area contributed by atoms with Crippen molar-refractivity contribution in [2.24, 2.45) is 11.8 Å². The number of nitrogen functional groups attached to an aromatic ring is 1.